The summed E-state index contributed by atoms with van der Waals surface area (Å²) < 4.78 is 5.48. The van der Waals surface area contributed by atoms with Gasteiger partial charge in [-0.1, -0.05) is 19.1 Å². The van der Waals surface area contributed by atoms with Crippen molar-refractivity contribution >= 4 is 0 Å². The lowest BCUT2D eigenvalue weighted by Crippen LogP contribution is -2.17. The first-order chi connectivity index (χ1) is 7.36. The molecule has 0 saturated heterocycles. The van der Waals surface area contributed by atoms with Crippen LogP contribution in [0.15, 0.2) is 24.3 Å². The minimum absolute atomic E-state index is 0.178. The summed E-state index contributed by atoms with van der Waals surface area (Å²) in [7, 11) is 0. The summed E-state index contributed by atoms with van der Waals surface area (Å²) >= 11 is 0. The molecule has 0 saturated carbocycles. The van der Waals surface area contributed by atoms with Gasteiger partial charge in [-0.3, -0.25) is 0 Å². The molecule has 0 aliphatic heterocycles. The van der Waals surface area contributed by atoms with Crippen molar-refractivity contribution in [2.75, 3.05) is 19.8 Å². The Morgan fingerprint density at radius 1 is 1.27 bits per heavy atom. The fourth-order valence-electron chi connectivity index (χ4n) is 1.24. The molecule has 15 heavy (non-hydrogen) atoms. The normalized spacial score (nSPS) is 10.3. The summed E-state index contributed by atoms with van der Waals surface area (Å²) in [5.41, 5.74) is 1.20. The molecule has 0 bridgehead atoms. The van der Waals surface area contributed by atoms with E-state index in [0.29, 0.717) is 6.54 Å². The zero-order chi connectivity index (χ0) is 10.9. The van der Waals surface area contributed by atoms with Crippen LogP contribution in [-0.2, 0) is 6.54 Å². The van der Waals surface area contributed by atoms with Crippen LogP contribution in [0.4, 0.5) is 0 Å². The highest BCUT2D eigenvalue weighted by atomic mass is 16.5. The maximum Gasteiger partial charge on any atom is 0.119 e. The van der Waals surface area contributed by atoms with Gasteiger partial charge in [0.05, 0.1) is 13.2 Å². The minimum atomic E-state index is 0.178. The Kier molecular flexibility index (Phi) is 5.81. The zero-order valence-electron chi connectivity index (χ0n) is 9.20. The van der Waals surface area contributed by atoms with E-state index >= 15 is 0 Å². The molecule has 3 nitrogen and oxygen atoms in total. The molecule has 0 unspecified atom stereocenters. The molecule has 3 heteroatoms. The van der Waals surface area contributed by atoms with Crippen LogP contribution in [0, 0.1) is 0 Å². The summed E-state index contributed by atoms with van der Waals surface area (Å²) in [6.07, 6.45) is 1.03. The van der Waals surface area contributed by atoms with Gasteiger partial charge in [0.15, 0.2) is 0 Å². The molecule has 0 aromatic heterocycles. The zero-order valence-corrected chi connectivity index (χ0v) is 9.20. The van der Waals surface area contributed by atoms with Gasteiger partial charge in [0.2, 0.25) is 0 Å². The summed E-state index contributed by atoms with van der Waals surface area (Å²) in [4.78, 5) is 0. The van der Waals surface area contributed by atoms with Crippen molar-refractivity contribution in [2.45, 2.75) is 19.9 Å². The third-order valence-corrected chi connectivity index (χ3v) is 2.01. The van der Waals surface area contributed by atoms with Crippen LogP contribution in [0.1, 0.15) is 18.9 Å². The first-order valence-corrected chi connectivity index (χ1v) is 5.40. The van der Waals surface area contributed by atoms with Crippen molar-refractivity contribution in [3.63, 3.8) is 0 Å². The third kappa shape index (κ3) is 4.81. The highest BCUT2D eigenvalue weighted by Crippen LogP contribution is 2.12. The van der Waals surface area contributed by atoms with Gasteiger partial charge in [-0.2, -0.15) is 0 Å². The number of nitrogens with one attached hydrogen (secondary N) is 1. The Hall–Kier alpha value is -1.06. The minimum Gasteiger partial charge on any atom is -0.494 e. The second kappa shape index (κ2) is 7.26. The molecule has 1 aromatic rings. The second-order valence-corrected chi connectivity index (χ2v) is 3.39. The predicted octanol–water partition coefficient (Wildman–Crippen LogP) is 1.56. The Morgan fingerprint density at radius 3 is 2.60 bits per heavy atom. The molecular formula is C12H19NO2. The molecule has 0 atom stereocenters. The Balaban J connectivity index is 2.35. The van der Waals surface area contributed by atoms with Crippen molar-refractivity contribution in [3.05, 3.63) is 29.8 Å². The van der Waals surface area contributed by atoms with Gasteiger partial charge < -0.3 is 15.2 Å². The average molecular weight is 209 g/mol. The number of aliphatic hydroxyl groups is 1. The van der Waals surface area contributed by atoms with Gasteiger partial charge in [-0.05, 0) is 24.1 Å². The molecular weight excluding hydrogens is 190 g/mol. The molecule has 1 rings (SSSR count). The molecule has 0 fully saturated rings. The van der Waals surface area contributed by atoms with Gasteiger partial charge in [0, 0.05) is 13.1 Å². The number of rotatable bonds is 7. The Morgan fingerprint density at radius 2 is 2.00 bits per heavy atom. The maximum atomic E-state index is 8.60. The van der Waals surface area contributed by atoms with E-state index in [-0.39, 0.29) is 6.61 Å². The van der Waals surface area contributed by atoms with Crippen LogP contribution in [0.2, 0.25) is 0 Å². The van der Waals surface area contributed by atoms with Crippen molar-refractivity contribution in [2.24, 2.45) is 0 Å². The van der Waals surface area contributed by atoms with Gasteiger partial charge in [-0.25, -0.2) is 0 Å². The van der Waals surface area contributed by atoms with Crippen molar-refractivity contribution < 1.29 is 9.84 Å². The molecule has 1 aromatic carbocycles. The van der Waals surface area contributed by atoms with E-state index in [9.17, 15) is 0 Å². The molecule has 0 aliphatic carbocycles. The van der Waals surface area contributed by atoms with Crippen LogP contribution in [0.25, 0.3) is 0 Å². The summed E-state index contributed by atoms with van der Waals surface area (Å²) in [5.74, 6) is 0.919. The fourth-order valence-corrected chi connectivity index (χ4v) is 1.24. The van der Waals surface area contributed by atoms with E-state index in [1.54, 1.807) is 0 Å². The van der Waals surface area contributed by atoms with Crippen molar-refractivity contribution in [1.29, 1.82) is 0 Å². The molecule has 84 valence electrons. The van der Waals surface area contributed by atoms with E-state index in [4.69, 9.17) is 9.84 Å². The summed E-state index contributed by atoms with van der Waals surface area (Å²) in [5, 5.41) is 11.7. The van der Waals surface area contributed by atoms with E-state index in [1.165, 1.54) is 5.56 Å². The van der Waals surface area contributed by atoms with Gasteiger partial charge in [0.1, 0.15) is 5.75 Å². The van der Waals surface area contributed by atoms with E-state index in [1.807, 2.05) is 24.3 Å². The Labute approximate surface area is 91.1 Å². The van der Waals surface area contributed by atoms with Gasteiger partial charge in [-0.15, -0.1) is 0 Å². The summed E-state index contributed by atoms with van der Waals surface area (Å²) in [6, 6.07) is 8.03. The lowest BCUT2D eigenvalue weighted by molar-refractivity contribution is 0.292. The highest BCUT2D eigenvalue weighted by molar-refractivity contribution is 5.27. The first-order valence-electron chi connectivity index (χ1n) is 5.40. The Bertz CT molecular complexity index is 259. The number of hydrogen-bond donors (Lipinski definition) is 2. The molecule has 0 spiro atoms. The number of hydrogen-bond acceptors (Lipinski definition) is 3. The first kappa shape index (κ1) is 12.0. The van der Waals surface area contributed by atoms with Crippen LogP contribution >= 0.6 is 0 Å². The van der Waals surface area contributed by atoms with Gasteiger partial charge in [0.25, 0.3) is 0 Å². The summed E-state index contributed by atoms with van der Waals surface area (Å²) in [6.45, 7) is 4.45. The van der Waals surface area contributed by atoms with E-state index in [0.717, 1.165) is 25.3 Å². The SMILES string of the molecule is CCCOc1ccc(CNCCO)cc1. The third-order valence-electron chi connectivity index (χ3n) is 2.01. The smallest absolute Gasteiger partial charge is 0.119 e. The van der Waals surface area contributed by atoms with Crippen molar-refractivity contribution in [3.8, 4) is 5.75 Å². The quantitative estimate of drug-likeness (QED) is 0.670. The predicted molar refractivity (Wildman–Crippen MR) is 61.0 cm³/mol. The lowest BCUT2D eigenvalue weighted by atomic mass is 10.2. The fraction of sp³-hybridized carbons (Fsp3) is 0.500. The second-order valence-electron chi connectivity index (χ2n) is 3.39. The highest BCUT2D eigenvalue weighted by Gasteiger charge is 1.94. The van der Waals surface area contributed by atoms with Gasteiger partial charge >= 0.3 is 0 Å². The van der Waals surface area contributed by atoms with Crippen LogP contribution in [0.3, 0.4) is 0 Å². The van der Waals surface area contributed by atoms with Crippen molar-refractivity contribution in [1.82, 2.24) is 5.32 Å². The monoisotopic (exact) mass is 209 g/mol. The van der Waals surface area contributed by atoms with Crippen LogP contribution < -0.4 is 10.1 Å². The largest absolute Gasteiger partial charge is 0.494 e. The molecule has 2 N–H and O–H groups in total. The number of ether oxygens (including phenoxy) is 1. The number of benzene rings is 1. The maximum absolute atomic E-state index is 8.60. The standard InChI is InChI=1S/C12H19NO2/c1-2-9-15-12-5-3-11(4-6-12)10-13-7-8-14/h3-6,13-14H,2,7-10H2,1H3. The van der Waals surface area contributed by atoms with E-state index in [2.05, 4.69) is 12.2 Å². The molecule has 0 radical (unpaired) electrons. The van der Waals surface area contributed by atoms with Crippen LogP contribution in [-0.4, -0.2) is 24.9 Å². The van der Waals surface area contributed by atoms with E-state index < -0.39 is 0 Å². The van der Waals surface area contributed by atoms with Crippen LogP contribution in [0.5, 0.6) is 5.75 Å². The topological polar surface area (TPSA) is 41.5 Å². The average Bonchev–Trinajstić information content (AvgIpc) is 2.28. The molecule has 0 aliphatic rings. The lowest BCUT2D eigenvalue weighted by Gasteiger charge is -2.06. The number of aliphatic hydroxyl groups excluding tert-OH is 1. The molecule has 0 amide bonds. The molecule has 0 heterocycles.